The van der Waals surface area contributed by atoms with Crippen LogP contribution in [0.1, 0.15) is 0 Å². The van der Waals surface area contributed by atoms with E-state index in [1.807, 2.05) is 11.0 Å². The van der Waals surface area contributed by atoms with Gasteiger partial charge in [0, 0.05) is 26.2 Å². The molecule has 1 heterocycles. The SMILES string of the molecule is CN(CC#N)CC(=O)N1CCNCC1. The molecule has 5 heteroatoms. The van der Waals surface area contributed by atoms with Gasteiger partial charge >= 0.3 is 0 Å². The highest BCUT2D eigenvalue weighted by Crippen LogP contribution is 1.94. The van der Waals surface area contributed by atoms with Crippen molar-refractivity contribution in [1.29, 1.82) is 5.26 Å². The van der Waals surface area contributed by atoms with Crippen molar-refractivity contribution in [2.75, 3.05) is 46.3 Å². The highest BCUT2D eigenvalue weighted by Gasteiger charge is 2.16. The minimum atomic E-state index is 0.115. The van der Waals surface area contributed by atoms with Crippen molar-refractivity contribution >= 4 is 5.91 Å². The first-order chi connectivity index (χ1) is 6.74. The van der Waals surface area contributed by atoms with Gasteiger partial charge < -0.3 is 10.2 Å². The van der Waals surface area contributed by atoms with Gasteiger partial charge in [-0.05, 0) is 7.05 Å². The molecule has 14 heavy (non-hydrogen) atoms. The molecule has 0 aromatic rings. The fraction of sp³-hybridized carbons (Fsp3) is 0.778. The predicted molar refractivity (Wildman–Crippen MR) is 52.6 cm³/mol. The minimum Gasteiger partial charge on any atom is -0.339 e. The summed E-state index contributed by atoms with van der Waals surface area (Å²) in [5.74, 6) is 0.115. The van der Waals surface area contributed by atoms with E-state index in [9.17, 15) is 4.79 Å². The van der Waals surface area contributed by atoms with Crippen molar-refractivity contribution in [3.8, 4) is 6.07 Å². The number of nitriles is 1. The molecule has 1 aliphatic heterocycles. The first kappa shape index (κ1) is 11.0. The van der Waals surface area contributed by atoms with E-state index >= 15 is 0 Å². The molecular weight excluding hydrogens is 180 g/mol. The van der Waals surface area contributed by atoms with Gasteiger partial charge in [0.2, 0.25) is 5.91 Å². The quantitative estimate of drug-likeness (QED) is 0.580. The lowest BCUT2D eigenvalue weighted by Crippen LogP contribution is -2.49. The van der Waals surface area contributed by atoms with Gasteiger partial charge in [-0.3, -0.25) is 9.69 Å². The topological polar surface area (TPSA) is 59.4 Å². The van der Waals surface area contributed by atoms with Crippen LogP contribution in [0, 0.1) is 11.3 Å². The molecule has 1 aliphatic rings. The van der Waals surface area contributed by atoms with Gasteiger partial charge in [-0.2, -0.15) is 5.26 Å². The first-order valence-corrected chi connectivity index (χ1v) is 4.78. The van der Waals surface area contributed by atoms with Crippen molar-refractivity contribution in [2.45, 2.75) is 0 Å². The van der Waals surface area contributed by atoms with Gasteiger partial charge in [-0.25, -0.2) is 0 Å². The Morgan fingerprint density at radius 3 is 2.79 bits per heavy atom. The molecule has 0 aliphatic carbocycles. The van der Waals surface area contributed by atoms with Gasteiger partial charge in [-0.15, -0.1) is 0 Å². The van der Waals surface area contributed by atoms with Crippen LogP contribution in [0.4, 0.5) is 0 Å². The van der Waals surface area contributed by atoms with Crippen molar-refractivity contribution in [1.82, 2.24) is 15.1 Å². The maximum absolute atomic E-state index is 11.6. The summed E-state index contributed by atoms with van der Waals surface area (Å²) in [4.78, 5) is 15.2. The monoisotopic (exact) mass is 196 g/mol. The molecule has 1 fully saturated rings. The maximum Gasteiger partial charge on any atom is 0.236 e. The summed E-state index contributed by atoms with van der Waals surface area (Å²) in [6.07, 6.45) is 0. The molecule has 0 radical (unpaired) electrons. The zero-order chi connectivity index (χ0) is 10.4. The van der Waals surface area contributed by atoms with Crippen molar-refractivity contribution < 1.29 is 4.79 Å². The summed E-state index contributed by atoms with van der Waals surface area (Å²) in [6.45, 7) is 3.94. The average molecular weight is 196 g/mol. The lowest BCUT2D eigenvalue weighted by Gasteiger charge is -2.28. The number of likely N-dealkylation sites (N-methyl/N-ethyl adjacent to an activating group) is 1. The molecule has 1 N–H and O–H groups in total. The predicted octanol–water partition coefficient (Wildman–Crippen LogP) is -1.13. The lowest BCUT2D eigenvalue weighted by atomic mass is 10.3. The van der Waals surface area contributed by atoms with E-state index in [0.29, 0.717) is 13.1 Å². The molecule has 0 aromatic heterocycles. The number of hydrogen-bond donors (Lipinski definition) is 1. The number of nitrogens with one attached hydrogen (secondary N) is 1. The number of rotatable bonds is 3. The molecule has 0 spiro atoms. The first-order valence-electron chi connectivity index (χ1n) is 4.78. The highest BCUT2D eigenvalue weighted by atomic mass is 16.2. The minimum absolute atomic E-state index is 0.115. The standard InChI is InChI=1S/C9H16N4O/c1-12(5-2-10)8-9(14)13-6-3-11-4-7-13/h11H,3-8H2,1H3. The van der Waals surface area contributed by atoms with E-state index in [-0.39, 0.29) is 5.91 Å². The van der Waals surface area contributed by atoms with Gasteiger partial charge in [0.1, 0.15) is 0 Å². The van der Waals surface area contributed by atoms with E-state index in [4.69, 9.17) is 5.26 Å². The number of nitrogens with zero attached hydrogens (tertiary/aromatic N) is 3. The smallest absolute Gasteiger partial charge is 0.236 e. The Kier molecular flexibility index (Phi) is 4.36. The van der Waals surface area contributed by atoms with E-state index < -0.39 is 0 Å². The third-order valence-corrected chi connectivity index (χ3v) is 2.22. The molecule has 0 atom stereocenters. The van der Waals surface area contributed by atoms with Crippen LogP contribution in [0.2, 0.25) is 0 Å². The second kappa shape index (κ2) is 5.58. The second-order valence-electron chi connectivity index (χ2n) is 3.46. The van der Waals surface area contributed by atoms with Gasteiger partial charge in [0.25, 0.3) is 0 Å². The Morgan fingerprint density at radius 1 is 1.57 bits per heavy atom. The molecule has 0 bridgehead atoms. The number of carbonyl (C=O) groups excluding carboxylic acids is 1. The van der Waals surface area contributed by atoms with Gasteiger partial charge in [-0.1, -0.05) is 0 Å². The molecule has 1 amide bonds. The van der Waals surface area contributed by atoms with Crippen molar-refractivity contribution in [2.24, 2.45) is 0 Å². The van der Waals surface area contributed by atoms with Crippen molar-refractivity contribution in [3.63, 3.8) is 0 Å². The molecule has 5 nitrogen and oxygen atoms in total. The van der Waals surface area contributed by atoms with E-state index in [1.165, 1.54) is 0 Å². The Hall–Kier alpha value is -1.12. The average Bonchev–Trinajstić information content (AvgIpc) is 2.19. The summed E-state index contributed by atoms with van der Waals surface area (Å²) < 4.78 is 0. The Labute approximate surface area is 84.3 Å². The summed E-state index contributed by atoms with van der Waals surface area (Å²) in [6, 6.07) is 2.02. The van der Waals surface area contributed by atoms with Crippen LogP contribution in [0.15, 0.2) is 0 Å². The van der Waals surface area contributed by atoms with E-state index in [0.717, 1.165) is 26.2 Å². The molecular formula is C9H16N4O. The summed E-state index contributed by atoms with van der Waals surface area (Å²) in [7, 11) is 1.78. The Morgan fingerprint density at radius 2 is 2.21 bits per heavy atom. The molecule has 1 rings (SSSR count). The fourth-order valence-corrected chi connectivity index (χ4v) is 1.42. The van der Waals surface area contributed by atoms with Gasteiger partial charge in [0.05, 0.1) is 19.2 Å². The lowest BCUT2D eigenvalue weighted by molar-refractivity contribution is -0.132. The zero-order valence-electron chi connectivity index (χ0n) is 8.49. The maximum atomic E-state index is 11.6. The van der Waals surface area contributed by atoms with Crippen LogP contribution >= 0.6 is 0 Å². The normalized spacial score (nSPS) is 16.8. The van der Waals surface area contributed by atoms with E-state index in [1.54, 1.807) is 11.9 Å². The molecule has 0 unspecified atom stereocenters. The zero-order valence-corrected chi connectivity index (χ0v) is 8.49. The number of carbonyl (C=O) groups is 1. The van der Waals surface area contributed by atoms with Crippen LogP contribution in [-0.2, 0) is 4.79 Å². The van der Waals surface area contributed by atoms with Crippen LogP contribution in [-0.4, -0.2) is 62.0 Å². The number of hydrogen-bond acceptors (Lipinski definition) is 4. The van der Waals surface area contributed by atoms with Crippen LogP contribution in [0.3, 0.4) is 0 Å². The second-order valence-corrected chi connectivity index (χ2v) is 3.46. The fourth-order valence-electron chi connectivity index (χ4n) is 1.42. The van der Waals surface area contributed by atoms with Crippen LogP contribution in [0.5, 0.6) is 0 Å². The van der Waals surface area contributed by atoms with Gasteiger partial charge in [0.15, 0.2) is 0 Å². The molecule has 1 saturated heterocycles. The third kappa shape index (κ3) is 3.32. The highest BCUT2D eigenvalue weighted by molar-refractivity contribution is 5.78. The molecule has 0 aromatic carbocycles. The number of amides is 1. The van der Waals surface area contributed by atoms with E-state index in [2.05, 4.69) is 5.32 Å². The Bertz CT molecular complexity index is 229. The third-order valence-electron chi connectivity index (χ3n) is 2.22. The van der Waals surface area contributed by atoms with Crippen LogP contribution < -0.4 is 5.32 Å². The Balaban J connectivity index is 2.30. The summed E-state index contributed by atoms with van der Waals surface area (Å²) in [5.41, 5.74) is 0. The molecule has 0 saturated carbocycles. The number of piperazine rings is 1. The van der Waals surface area contributed by atoms with Crippen LogP contribution in [0.25, 0.3) is 0 Å². The summed E-state index contributed by atoms with van der Waals surface area (Å²) >= 11 is 0. The largest absolute Gasteiger partial charge is 0.339 e. The molecule has 78 valence electrons. The van der Waals surface area contributed by atoms with Crippen molar-refractivity contribution in [3.05, 3.63) is 0 Å². The summed E-state index contributed by atoms with van der Waals surface area (Å²) in [5, 5.41) is 11.6.